The van der Waals surface area contributed by atoms with Crippen molar-refractivity contribution in [3.63, 3.8) is 0 Å². The Morgan fingerprint density at radius 1 is 1.18 bits per heavy atom. The summed E-state index contributed by atoms with van der Waals surface area (Å²) in [6, 6.07) is 16.4. The Labute approximate surface area is 195 Å². The van der Waals surface area contributed by atoms with Crippen LogP contribution in [-0.4, -0.2) is 47.4 Å². The second-order valence-corrected chi connectivity index (χ2v) is 8.69. The van der Waals surface area contributed by atoms with Crippen LogP contribution >= 0.6 is 11.8 Å². The Morgan fingerprint density at radius 2 is 1.97 bits per heavy atom. The van der Waals surface area contributed by atoms with Gasteiger partial charge in [-0.3, -0.25) is 14.4 Å². The summed E-state index contributed by atoms with van der Waals surface area (Å²) < 4.78 is 5.24. The summed E-state index contributed by atoms with van der Waals surface area (Å²) >= 11 is 1.52. The van der Waals surface area contributed by atoms with Gasteiger partial charge in [0.25, 0.3) is 11.8 Å². The third-order valence-electron chi connectivity index (χ3n) is 5.16. The Balaban J connectivity index is 1.34. The van der Waals surface area contributed by atoms with Crippen molar-refractivity contribution in [2.24, 2.45) is 0 Å². The summed E-state index contributed by atoms with van der Waals surface area (Å²) in [5.74, 6) is 0.842. The lowest BCUT2D eigenvalue weighted by Gasteiger charge is -2.26. The molecule has 0 unspecified atom stereocenters. The van der Waals surface area contributed by atoms with Gasteiger partial charge in [-0.05, 0) is 36.8 Å². The fourth-order valence-electron chi connectivity index (χ4n) is 3.45. The van der Waals surface area contributed by atoms with Crippen LogP contribution in [0.25, 0.3) is 0 Å². The van der Waals surface area contributed by atoms with E-state index in [4.69, 9.17) is 4.52 Å². The maximum atomic E-state index is 12.8. The number of benzene rings is 2. The number of carbonyl (C=O) groups is 3. The van der Waals surface area contributed by atoms with Crippen LogP contribution in [0, 0.1) is 6.92 Å². The summed E-state index contributed by atoms with van der Waals surface area (Å²) in [6.07, 6.45) is 0. The molecule has 1 saturated heterocycles. The average Bonchev–Trinajstić information content (AvgIpc) is 3.26. The molecule has 1 fully saturated rings. The van der Waals surface area contributed by atoms with Crippen LogP contribution in [-0.2, 0) is 17.1 Å². The first-order valence-electron chi connectivity index (χ1n) is 10.6. The molecule has 0 bridgehead atoms. The van der Waals surface area contributed by atoms with E-state index in [1.54, 1.807) is 18.2 Å². The summed E-state index contributed by atoms with van der Waals surface area (Å²) in [6.45, 7) is 3.24. The summed E-state index contributed by atoms with van der Waals surface area (Å²) in [4.78, 5) is 39.3. The number of nitrogens with one attached hydrogen (secondary N) is 2. The van der Waals surface area contributed by atoms with Gasteiger partial charge in [0.05, 0.1) is 23.6 Å². The van der Waals surface area contributed by atoms with Crippen molar-refractivity contribution in [3.8, 4) is 0 Å². The van der Waals surface area contributed by atoms with Crippen LogP contribution in [0.4, 0.5) is 0 Å². The molecular weight excluding hydrogens is 440 g/mol. The van der Waals surface area contributed by atoms with E-state index in [-0.39, 0.29) is 24.3 Å². The maximum Gasteiger partial charge on any atom is 0.254 e. The lowest BCUT2D eigenvalue weighted by atomic mass is 10.1. The molecule has 0 saturated carbocycles. The molecule has 9 heteroatoms. The minimum atomic E-state index is -0.175. The van der Waals surface area contributed by atoms with E-state index < -0.39 is 0 Å². The molecule has 33 heavy (non-hydrogen) atoms. The predicted octanol–water partition coefficient (Wildman–Crippen LogP) is 2.78. The van der Waals surface area contributed by atoms with Gasteiger partial charge in [0.1, 0.15) is 5.76 Å². The van der Waals surface area contributed by atoms with Crippen LogP contribution in [0.3, 0.4) is 0 Å². The number of rotatable bonds is 7. The molecule has 0 spiro atoms. The van der Waals surface area contributed by atoms with Gasteiger partial charge in [0, 0.05) is 36.2 Å². The van der Waals surface area contributed by atoms with Crippen LogP contribution in [0.2, 0.25) is 0 Å². The van der Waals surface area contributed by atoms with Crippen molar-refractivity contribution in [2.75, 3.05) is 19.6 Å². The summed E-state index contributed by atoms with van der Waals surface area (Å²) in [5, 5.41) is 9.53. The first-order chi connectivity index (χ1) is 16.0. The number of hydrogen-bond acceptors (Lipinski definition) is 6. The van der Waals surface area contributed by atoms with Gasteiger partial charge >= 0.3 is 0 Å². The van der Waals surface area contributed by atoms with E-state index in [2.05, 4.69) is 15.8 Å². The van der Waals surface area contributed by atoms with Gasteiger partial charge < -0.3 is 20.1 Å². The van der Waals surface area contributed by atoms with Crippen LogP contribution in [0.15, 0.2) is 64.0 Å². The van der Waals surface area contributed by atoms with Crippen molar-refractivity contribution in [1.82, 2.24) is 20.7 Å². The molecule has 4 rings (SSSR count). The second-order valence-electron chi connectivity index (χ2n) is 7.68. The highest BCUT2D eigenvalue weighted by molar-refractivity contribution is 7.98. The highest BCUT2D eigenvalue weighted by atomic mass is 32.2. The molecule has 0 radical (unpaired) electrons. The first-order valence-corrected chi connectivity index (χ1v) is 11.6. The lowest BCUT2D eigenvalue weighted by molar-refractivity contribution is -0.123. The van der Waals surface area contributed by atoms with E-state index >= 15 is 0 Å². The Hall–Kier alpha value is -3.59. The molecular formula is C24H24N4O4S. The van der Waals surface area contributed by atoms with E-state index in [1.165, 1.54) is 16.7 Å². The number of aryl methyl sites for hydroxylation is 1. The average molecular weight is 465 g/mol. The highest BCUT2D eigenvalue weighted by Crippen LogP contribution is 2.26. The zero-order valence-electron chi connectivity index (χ0n) is 18.2. The molecule has 0 aliphatic carbocycles. The number of piperazine rings is 1. The largest absolute Gasteiger partial charge is 0.360 e. The van der Waals surface area contributed by atoms with Crippen molar-refractivity contribution in [1.29, 1.82) is 0 Å². The minimum Gasteiger partial charge on any atom is -0.360 e. The molecule has 2 heterocycles. The first kappa shape index (κ1) is 22.6. The van der Waals surface area contributed by atoms with Crippen molar-refractivity contribution in [2.45, 2.75) is 24.1 Å². The molecule has 3 amide bonds. The number of hydrogen-bond donors (Lipinski definition) is 2. The monoisotopic (exact) mass is 464 g/mol. The van der Waals surface area contributed by atoms with Gasteiger partial charge in [-0.25, -0.2) is 0 Å². The minimum absolute atomic E-state index is 0.0735. The second kappa shape index (κ2) is 10.4. The number of amides is 3. The topological polar surface area (TPSA) is 105 Å². The standard InChI is InChI=1S/C24H24N4O4S/c1-16-12-19(32-27-16)15-33-21-5-3-2-4-20(21)23(30)26-13-17-6-8-18(9-7-17)24(31)28-11-10-25-22(29)14-28/h2-9,12H,10-11,13-15H2,1H3,(H,25,29)(H,26,30). The highest BCUT2D eigenvalue weighted by Gasteiger charge is 2.22. The van der Waals surface area contributed by atoms with Gasteiger partial charge in [-0.15, -0.1) is 11.8 Å². The predicted molar refractivity (Wildman–Crippen MR) is 124 cm³/mol. The van der Waals surface area contributed by atoms with Gasteiger partial charge in [-0.1, -0.05) is 29.4 Å². The zero-order chi connectivity index (χ0) is 23.2. The lowest BCUT2D eigenvalue weighted by Crippen LogP contribution is -2.49. The quantitative estimate of drug-likeness (QED) is 0.521. The van der Waals surface area contributed by atoms with E-state index in [9.17, 15) is 14.4 Å². The van der Waals surface area contributed by atoms with Gasteiger partial charge in [0.2, 0.25) is 5.91 Å². The van der Waals surface area contributed by atoms with Crippen LogP contribution < -0.4 is 10.6 Å². The van der Waals surface area contributed by atoms with Crippen molar-refractivity contribution in [3.05, 3.63) is 82.7 Å². The van der Waals surface area contributed by atoms with Gasteiger partial charge in [-0.2, -0.15) is 0 Å². The molecule has 2 aromatic carbocycles. The molecule has 2 N–H and O–H groups in total. The molecule has 170 valence electrons. The maximum absolute atomic E-state index is 12.8. The SMILES string of the molecule is Cc1cc(CSc2ccccc2C(=O)NCc2ccc(C(=O)N3CCNC(=O)C3)cc2)on1. The molecule has 1 aliphatic rings. The molecule has 3 aromatic rings. The number of thioether (sulfide) groups is 1. The number of aromatic nitrogens is 1. The molecule has 1 aromatic heterocycles. The Bertz CT molecular complexity index is 1160. The van der Waals surface area contributed by atoms with E-state index in [0.717, 1.165) is 21.9 Å². The van der Waals surface area contributed by atoms with Crippen LogP contribution in [0.1, 0.15) is 37.7 Å². The Morgan fingerprint density at radius 3 is 2.70 bits per heavy atom. The molecule has 1 aliphatic heterocycles. The van der Waals surface area contributed by atoms with Crippen molar-refractivity contribution < 1.29 is 18.9 Å². The molecule has 0 atom stereocenters. The normalized spacial score (nSPS) is 13.5. The third kappa shape index (κ3) is 5.81. The fraction of sp³-hybridized carbons (Fsp3) is 0.250. The van der Waals surface area contributed by atoms with Gasteiger partial charge in [0.15, 0.2) is 0 Å². The van der Waals surface area contributed by atoms with Crippen molar-refractivity contribution >= 4 is 29.5 Å². The third-order valence-corrected chi connectivity index (χ3v) is 6.25. The van der Waals surface area contributed by atoms with Crippen LogP contribution in [0.5, 0.6) is 0 Å². The zero-order valence-corrected chi connectivity index (χ0v) is 19.0. The molecule has 8 nitrogen and oxygen atoms in total. The smallest absolute Gasteiger partial charge is 0.254 e. The number of carbonyl (C=O) groups excluding carboxylic acids is 3. The fourth-order valence-corrected chi connectivity index (χ4v) is 4.38. The Kier molecular flexibility index (Phi) is 7.09. The summed E-state index contributed by atoms with van der Waals surface area (Å²) in [5.41, 5.74) is 2.81. The van der Waals surface area contributed by atoms with E-state index in [1.807, 2.05) is 43.3 Å². The number of nitrogens with zero attached hydrogens (tertiary/aromatic N) is 2. The summed E-state index contributed by atoms with van der Waals surface area (Å²) in [7, 11) is 0. The van der Waals surface area contributed by atoms with E-state index in [0.29, 0.717) is 36.5 Å².